The summed E-state index contributed by atoms with van der Waals surface area (Å²) in [4.78, 5) is 0. The van der Waals surface area contributed by atoms with E-state index in [0.29, 0.717) is 19.1 Å². The Morgan fingerprint density at radius 3 is 2.53 bits per heavy atom. The Labute approximate surface area is 103 Å². The van der Waals surface area contributed by atoms with Gasteiger partial charge in [0.15, 0.2) is 0 Å². The fourth-order valence-corrected chi connectivity index (χ4v) is 2.04. The third-order valence-electron chi connectivity index (χ3n) is 3.08. The summed E-state index contributed by atoms with van der Waals surface area (Å²) in [5, 5.41) is 0. The van der Waals surface area contributed by atoms with Crippen LogP contribution in [-0.2, 0) is 0 Å². The van der Waals surface area contributed by atoms with Gasteiger partial charge >= 0.3 is 0 Å². The highest BCUT2D eigenvalue weighted by Crippen LogP contribution is 2.43. The molecule has 0 amide bonds. The second-order valence-corrected chi connectivity index (χ2v) is 4.43. The van der Waals surface area contributed by atoms with Gasteiger partial charge < -0.3 is 15.2 Å². The lowest BCUT2D eigenvalue weighted by molar-refractivity contribution is 0.324. The molecule has 3 heteroatoms. The average Bonchev–Trinajstić information content (AvgIpc) is 3.15. The average molecular weight is 235 g/mol. The van der Waals surface area contributed by atoms with E-state index in [1.807, 2.05) is 32.0 Å². The maximum atomic E-state index is 6.26. The molecule has 0 bridgehead atoms. The molecule has 2 N–H and O–H groups in total. The predicted molar refractivity (Wildman–Crippen MR) is 68.4 cm³/mol. The van der Waals surface area contributed by atoms with E-state index >= 15 is 0 Å². The topological polar surface area (TPSA) is 44.5 Å². The second kappa shape index (κ2) is 5.41. The summed E-state index contributed by atoms with van der Waals surface area (Å²) in [5.41, 5.74) is 7.34. The smallest absolute Gasteiger partial charge is 0.124 e. The first-order chi connectivity index (χ1) is 8.26. The van der Waals surface area contributed by atoms with Crippen molar-refractivity contribution in [2.24, 2.45) is 11.7 Å². The van der Waals surface area contributed by atoms with Crippen molar-refractivity contribution in [3.8, 4) is 11.5 Å². The van der Waals surface area contributed by atoms with Crippen molar-refractivity contribution in [3.63, 3.8) is 0 Å². The van der Waals surface area contributed by atoms with Gasteiger partial charge in [0, 0.05) is 11.6 Å². The summed E-state index contributed by atoms with van der Waals surface area (Å²) in [5.74, 6) is 2.39. The molecule has 1 saturated carbocycles. The fourth-order valence-electron chi connectivity index (χ4n) is 2.04. The molecule has 0 heterocycles. The van der Waals surface area contributed by atoms with Gasteiger partial charge in [-0.3, -0.25) is 0 Å². The van der Waals surface area contributed by atoms with E-state index in [0.717, 1.165) is 17.1 Å². The minimum absolute atomic E-state index is 0.0805. The Bertz CT molecular complexity index is 374. The van der Waals surface area contributed by atoms with Crippen LogP contribution in [0.25, 0.3) is 0 Å². The quantitative estimate of drug-likeness (QED) is 0.824. The number of rotatable bonds is 6. The van der Waals surface area contributed by atoms with Crippen LogP contribution >= 0.6 is 0 Å². The Hall–Kier alpha value is -1.22. The van der Waals surface area contributed by atoms with E-state index in [9.17, 15) is 0 Å². The van der Waals surface area contributed by atoms with E-state index in [4.69, 9.17) is 15.2 Å². The predicted octanol–water partition coefficient (Wildman–Crippen LogP) is 2.89. The van der Waals surface area contributed by atoms with Crippen LogP contribution in [0.3, 0.4) is 0 Å². The molecule has 1 aliphatic carbocycles. The highest BCUT2D eigenvalue weighted by Gasteiger charge is 2.31. The molecule has 1 aliphatic rings. The van der Waals surface area contributed by atoms with E-state index in [1.54, 1.807) is 0 Å². The van der Waals surface area contributed by atoms with Gasteiger partial charge in [-0.05, 0) is 50.8 Å². The highest BCUT2D eigenvalue weighted by molar-refractivity contribution is 5.42. The molecule has 0 aromatic heterocycles. The number of nitrogens with two attached hydrogens (primary N) is 1. The third-order valence-corrected chi connectivity index (χ3v) is 3.08. The number of benzene rings is 1. The summed E-state index contributed by atoms with van der Waals surface area (Å²) >= 11 is 0. The third kappa shape index (κ3) is 2.91. The Balaban J connectivity index is 2.25. The molecular formula is C14H21NO2. The van der Waals surface area contributed by atoms with Gasteiger partial charge in [-0.15, -0.1) is 0 Å². The van der Waals surface area contributed by atoms with Crippen LogP contribution in [0.2, 0.25) is 0 Å². The standard InChI is InChI=1S/C14H21NO2/c1-3-16-11-7-8-13(17-4-2)12(9-11)14(15)10-5-6-10/h7-10,14H,3-6,15H2,1-2H3. The largest absolute Gasteiger partial charge is 0.494 e. The van der Waals surface area contributed by atoms with E-state index in [1.165, 1.54) is 12.8 Å². The van der Waals surface area contributed by atoms with E-state index < -0.39 is 0 Å². The highest BCUT2D eigenvalue weighted by atomic mass is 16.5. The van der Waals surface area contributed by atoms with Crippen LogP contribution < -0.4 is 15.2 Å². The molecule has 1 unspecified atom stereocenters. The minimum Gasteiger partial charge on any atom is -0.494 e. The van der Waals surface area contributed by atoms with Crippen molar-refractivity contribution in [3.05, 3.63) is 23.8 Å². The first kappa shape index (κ1) is 12.2. The SMILES string of the molecule is CCOc1ccc(OCC)c(C(N)C2CC2)c1. The van der Waals surface area contributed by atoms with Crippen LogP contribution in [0, 0.1) is 5.92 Å². The monoisotopic (exact) mass is 235 g/mol. The van der Waals surface area contributed by atoms with Crippen molar-refractivity contribution in [2.45, 2.75) is 32.7 Å². The minimum atomic E-state index is 0.0805. The van der Waals surface area contributed by atoms with Gasteiger partial charge in [0.05, 0.1) is 13.2 Å². The molecule has 17 heavy (non-hydrogen) atoms. The van der Waals surface area contributed by atoms with Gasteiger partial charge in [-0.25, -0.2) is 0 Å². The number of ether oxygens (including phenoxy) is 2. The molecule has 1 aromatic carbocycles. The van der Waals surface area contributed by atoms with Crippen LogP contribution in [0.4, 0.5) is 0 Å². The molecule has 3 nitrogen and oxygen atoms in total. The van der Waals surface area contributed by atoms with Crippen molar-refractivity contribution in [1.82, 2.24) is 0 Å². The molecule has 0 aliphatic heterocycles. The zero-order valence-corrected chi connectivity index (χ0v) is 10.6. The molecule has 0 saturated heterocycles. The summed E-state index contributed by atoms with van der Waals surface area (Å²) in [7, 11) is 0. The Kier molecular flexibility index (Phi) is 3.89. The molecular weight excluding hydrogens is 214 g/mol. The van der Waals surface area contributed by atoms with Crippen LogP contribution in [0.15, 0.2) is 18.2 Å². The summed E-state index contributed by atoms with van der Waals surface area (Å²) in [6, 6.07) is 6.01. The lowest BCUT2D eigenvalue weighted by Crippen LogP contribution is -2.14. The van der Waals surface area contributed by atoms with Gasteiger partial charge in [0.1, 0.15) is 11.5 Å². The zero-order chi connectivity index (χ0) is 12.3. The normalized spacial score (nSPS) is 16.6. The molecule has 1 aromatic rings. The Morgan fingerprint density at radius 1 is 1.24 bits per heavy atom. The fraction of sp³-hybridized carbons (Fsp3) is 0.571. The van der Waals surface area contributed by atoms with Gasteiger partial charge in [0.25, 0.3) is 0 Å². The van der Waals surface area contributed by atoms with Crippen molar-refractivity contribution in [1.29, 1.82) is 0 Å². The van der Waals surface area contributed by atoms with Gasteiger partial charge in [-0.1, -0.05) is 0 Å². The Morgan fingerprint density at radius 2 is 1.94 bits per heavy atom. The first-order valence-corrected chi connectivity index (χ1v) is 6.41. The van der Waals surface area contributed by atoms with Crippen molar-refractivity contribution in [2.75, 3.05) is 13.2 Å². The van der Waals surface area contributed by atoms with E-state index in [2.05, 4.69) is 0 Å². The zero-order valence-electron chi connectivity index (χ0n) is 10.6. The van der Waals surface area contributed by atoms with Crippen molar-refractivity contribution < 1.29 is 9.47 Å². The lowest BCUT2D eigenvalue weighted by atomic mass is 10.0. The molecule has 94 valence electrons. The first-order valence-electron chi connectivity index (χ1n) is 6.41. The van der Waals surface area contributed by atoms with Crippen LogP contribution in [0.1, 0.15) is 38.3 Å². The van der Waals surface area contributed by atoms with Gasteiger partial charge in [-0.2, -0.15) is 0 Å². The van der Waals surface area contributed by atoms with Crippen LogP contribution in [0.5, 0.6) is 11.5 Å². The molecule has 0 radical (unpaired) electrons. The molecule has 1 atom stereocenters. The van der Waals surface area contributed by atoms with E-state index in [-0.39, 0.29) is 6.04 Å². The maximum Gasteiger partial charge on any atom is 0.124 e. The molecule has 2 rings (SSSR count). The van der Waals surface area contributed by atoms with Crippen molar-refractivity contribution >= 4 is 0 Å². The summed E-state index contributed by atoms with van der Waals surface area (Å²) in [6.45, 7) is 5.31. The number of hydrogen-bond acceptors (Lipinski definition) is 3. The maximum absolute atomic E-state index is 6.26. The second-order valence-electron chi connectivity index (χ2n) is 4.43. The molecule has 1 fully saturated rings. The van der Waals surface area contributed by atoms with Gasteiger partial charge in [0.2, 0.25) is 0 Å². The van der Waals surface area contributed by atoms with Crippen LogP contribution in [-0.4, -0.2) is 13.2 Å². The lowest BCUT2D eigenvalue weighted by Gasteiger charge is -2.17. The number of hydrogen-bond donors (Lipinski definition) is 1. The summed E-state index contributed by atoms with van der Waals surface area (Å²) in [6.07, 6.45) is 2.46. The summed E-state index contributed by atoms with van der Waals surface area (Å²) < 4.78 is 11.2. The molecule has 0 spiro atoms.